The maximum Gasteiger partial charge on any atom is 0.0373 e. The van der Waals surface area contributed by atoms with Crippen molar-refractivity contribution < 1.29 is 0 Å². The first-order valence-electron chi connectivity index (χ1n) is 7.24. The van der Waals surface area contributed by atoms with Gasteiger partial charge in [-0.15, -0.1) is 0 Å². The van der Waals surface area contributed by atoms with Crippen molar-refractivity contribution in [2.45, 2.75) is 19.4 Å². The predicted molar refractivity (Wildman–Crippen MR) is 82.9 cm³/mol. The van der Waals surface area contributed by atoms with Crippen LogP contribution in [0.15, 0.2) is 42.7 Å². The van der Waals surface area contributed by atoms with Gasteiger partial charge in [0.1, 0.15) is 0 Å². The summed E-state index contributed by atoms with van der Waals surface area (Å²) in [6.07, 6.45) is 5.96. The lowest BCUT2D eigenvalue weighted by atomic mass is 10.1. The Morgan fingerprint density at radius 2 is 2.00 bits per heavy atom. The summed E-state index contributed by atoms with van der Waals surface area (Å²) in [4.78, 5) is 6.43. The molecule has 0 unspecified atom stereocenters. The Kier molecular flexibility index (Phi) is 3.97. The maximum absolute atomic E-state index is 4.05. The molecule has 1 aliphatic heterocycles. The third-order valence-corrected chi connectivity index (χ3v) is 3.86. The highest BCUT2D eigenvalue weighted by Gasteiger charge is 2.10. The predicted octanol–water partition coefficient (Wildman–Crippen LogP) is 2.72. The molecular weight excluding hydrogens is 246 g/mol. The standard InChI is InChI=1S/C17H21N3/c1-20(11-7-14-4-8-18-9-5-14)13-15-2-3-17-16(12-15)6-10-19-17/h2-5,8-9,12,19H,6-7,10-11,13H2,1H3. The molecule has 2 aromatic rings. The van der Waals surface area contributed by atoms with Gasteiger partial charge in [0.25, 0.3) is 0 Å². The molecule has 1 aliphatic rings. The highest BCUT2D eigenvalue weighted by molar-refractivity contribution is 5.56. The largest absolute Gasteiger partial charge is 0.384 e. The van der Waals surface area contributed by atoms with Crippen LogP contribution in [0.2, 0.25) is 0 Å². The zero-order valence-corrected chi connectivity index (χ0v) is 12.0. The van der Waals surface area contributed by atoms with Gasteiger partial charge in [-0.25, -0.2) is 0 Å². The molecule has 104 valence electrons. The number of hydrogen-bond donors (Lipinski definition) is 1. The van der Waals surface area contributed by atoms with Crippen LogP contribution in [-0.2, 0) is 19.4 Å². The lowest BCUT2D eigenvalue weighted by Crippen LogP contribution is -2.20. The summed E-state index contributed by atoms with van der Waals surface area (Å²) in [5.41, 5.74) is 5.54. The van der Waals surface area contributed by atoms with Crippen molar-refractivity contribution in [1.82, 2.24) is 9.88 Å². The SMILES string of the molecule is CN(CCc1ccncc1)Cc1ccc2c(c1)CCN2. The molecule has 3 heteroatoms. The Hall–Kier alpha value is -1.87. The van der Waals surface area contributed by atoms with Gasteiger partial charge >= 0.3 is 0 Å². The van der Waals surface area contributed by atoms with Gasteiger partial charge in [0.15, 0.2) is 0 Å². The molecule has 0 saturated heterocycles. The number of nitrogens with zero attached hydrogens (tertiary/aromatic N) is 2. The van der Waals surface area contributed by atoms with Crippen LogP contribution in [0, 0.1) is 0 Å². The van der Waals surface area contributed by atoms with E-state index in [1.807, 2.05) is 12.4 Å². The number of aromatic nitrogens is 1. The molecule has 1 N–H and O–H groups in total. The summed E-state index contributed by atoms with van der Waals surface area (Å²) in [6.45, 7) is 3.16. The molecule has 3 rings (SSSR count). The van der Waals surface area contributed by atoms with E-state index in [0.29, 0.717) is 0 Å². The molecule has 3 nitrogen and oxygen atoms in total. The number of rotatable bonds is 5. The van der Waals surface area contributed by atoms with Crippen molar-refractivity contribution in [3.8, 4) is 0 Å². The normalized spacial score (nSPS) is 13.3. The number of benzene rings is 1. The van der Waals surface area contributed by atoms with Gasteiger partial charge in [-0.3, -0.25) is 4.98 Å². The van der Waals surface area contributed by atoms with Crippen LogP contribution in [0.3, 0.4) is 0 Å². The molecule has 0 saturated carbocycles. The minimum absolute atomic E-state index is 1.01. The van der Waals surface area contributed by atoms with Gasteiger partial charge in [0, 0.05) is 37.7 Å². The van der Waals surface area contributed by atoms with Crippen LogP contribution in [0.25, 0.3) is 0 Å². The zero-order chi connectivity index (χ0) is 13.8. The third kappa shape index (κ3) is 3.17. The molecule has 0 bridgehead atoms. The lowest BCUT2D eigenvalue weighted by Gasteiger charge is -2.17. The molecule has 2 heterocycles. The van der Waals surface area contributed by atoms with Crippen molar-refractivity contribution in [1.29, 1.82) is 0 Å². The molecule has 1 aromatic carbocycles. The molecule has 0 fully saturated rings. The molecular formula is C17H21N3. The topological polar surface area (TPSA) is 28.2 Å². The van der Waals surface area contributed by atoms with Crippen LogP contribution >= 0.6 is 0 Å². The van der Waals surface area contributed by atoms with E-state index in [-0.39, 0.29) is 0 Å². The second kappa shape index (κ2) is 6.06. The van der Waals surface area contributed by atoms with Crippen LogP contribution in [0.5, 0.6) is 0 Å². The average Bonchev–Trinajstić information content (AvgIpc) is 2.94. The fourth-order valence-corrected chi connectivity index (χ4v) is 2.72. The molecule has 20 heavy (non-hydrogen) atoms. The fourth-order valence-electron chi connectivity index (χ4n) is 2.72. The first kappa shape index (κ1) is 13.1. The summed E-state index contributed by atoms with van der Waals surface area (Å²) in [5.74, 6) is 0. The van der Waals surface area contributed by atoms with Gasteiger partial charge in [0.05, 0.1) is 0 Å². The van der Waals surface area contributed by atoms with Crippen molar-refractivity contribution >= 4 is 5.69 Å². The Bertz CT molecular complexity index is 566. The van der Waals surface area contributed by atoms with E-state index in [1.54, 1.807) is 0 Å². The first-order valence-corrected chi connectivity index (χ1v) is 7.24. The van der Waals surface area contributed by atoms with Crippen molar-refractivity contribution in [3.05, 3.63) is 59.4 Å². The number of anilines is 1. The Morgan fingerprint density at radius 3 is 2.85 bits per heavy atom. The zero-order valence-electron chi connectivity index (χ0n) is 12.0. The maximum atomic E-state index is 4.05. The number of hydrogen-bond acceptors (Lipinski definition) is 3. The number of fused-ring (bicyclic) bond motifs is 1. The number of pyridine rings is 1. The van der Waals surface area contributed by atoms with E-state index in [9.17, 15) is 0 Å². The van der Waals surface area contributed by atoms with Crippen LogP contribution < -0.4 is 5.32 Å². The smallest absolute Gasteiger partial charge is 0.0373 e. The summed E-state index contributed by atoms with van der Waals surface area (Å²) in [7, 11) is 2.19. The van der Waals surface area contributed by atoms with E-state index >= 15 is 0 Å². The van der Waals surface area contributed by atoms with Gasteiger partial charge in [0.2, 0.25) is 0 Å². The second-order valence-electron chi connectivity index (χ2n) is 5.51. The minimum Gasteiger partial charge on any atom is -0.384 e. The number of likely N-dealkylation sites (N-methyl/N-ethyl adjacent to an activating group) is 1. The molecule has 0 spiro atoms. The lowest BCUT2D eigenvalue weighted by molar-refractivity contribution is 0.331. The van der Waals surface area contributed by atoms with Crippen LogP contribution in [-0.4, -0.2) is 30.0 Å². The first-order chi connectivity index (χ1) is 9.81. The minimum atomic E-state index is 1.01. The van der Waals surface area contributed by atoms with Crippen molar-refractivity contribution in [2.75, 3.05) is 25.5 Å². The Labute approximate surface area is 120 Å². The molecule has 0 atom stereocenters. The molecule has 0 radical (unpaired) electrons. The van der Waals surface area contributed by atoms with E-state index in [0.717, 1.165) is 32.5 Å². The Morgan fingerprint density at radius 1 is 1.15 bits per heavy atom. The van der Waals surface area contributed by atoms with E-state index in [2.05, 4.69) is 52.6 Å². The van der Waals surface area contributed by atoms with Crippen molar-refractivity contribution in [2.24, 2.45) is 0 Å². The summed E-state index contributed by atoms with van der Waals surface area (Å²) < 4.78 is 0. The molecule has 0 amide bonds. The second-order valence-corrected chi connectivity index (χ2v) is 5.51. The summed E-state index contributed by atoms with van der Waals surface area (Å²) in [6, 6.07) is 11.0. The van der Waals surface area contributed by atoms with Gasteiger partial charge in [-0.05, 0) is 54.8 Å². The van der Waals surface area contributed by atoms with Crippen LogP contribution in [0.4, 0.5) is 5.69 Å². The average molecular weight is 267 g/mol. The summed E-state index contributed by atoms with van der Waals surface area (Å²) in [5, 5.41) is 3.41. The van der Waals surface area contributed by atoms with Gasteiger partial charge < -0.3 is 10.2 Å². The molecule has 0 aliphatic carbocycles. The Balaban J connectivity index is 1.55. The van der Waals surface area contributed by atoms with E-state index < -0.39 is 0 Å². The van der Waals surface area contributed by atoms with Crippen LogP contribution in [0.1, 0.15) is 16.7 Å². The monoisotopic (exact) mass is 267 g/mol. The quantitative estimate of drug-likeness (QED) is 0.903. The third-order valence-electron chi connectivity index (χ3n) is 3.86. The highest BCUT2D eigenvalue weighted by Crippen LogP contribution is 2.23. The van der Waals surface area contributed by atoms with E-state index in [1.165, 1.54) is 22.4 Å². The summed E-state index contributed by atoms with van der Waals surface area (Å²) >= 11 is 0. The van der Waals surface area contributed by atoms with Gasteiger partial charge in [-0.2, -0.15) is 0 Å². The van der Waals surface area contributed by atoms with E-state index in [4.69, 9.17) is 0 Å². The number of nitrogens with one attached hydrogen (secondary N) is 1. The molecule has 1 aromatic heterocycles. The highest BCUT2D eigenvalue weighted by atomic mass is 15.1. The van der Waals surface area contributed by atoms with Crippen molar-refractivity contribution in [3.63, 3.8) is 0 Å². The van der Waals surface area contributed by atoms with Gasteiger partial charge in [-0.1, -0.05) is 12.1 Å². The fraction of sp³-hybridized carbons (Fsp3) is 0.353.